The Morgan fingerprint density at radius 1 is 0.936 bits per heavy atom. The maximum absolute atomic E-state index is 15.3. The summed E-state index contributed by atoms with van der Waals surface area (Å²) < 4.78 is 59.3. The van der Waals surface area contributed by atoms with E-state index in [1.807, 2.05) is 29.0 Å². The fourth-order valence-corrected chi connectivity index (χ4v) is 9.41. The number of rotatable bonds is 8. The van der Waals surface area contributed by atoms with Crippen molar-refractivity contribution in [1.82, 2.24) is 24.1 Å². The van der Waals surface area contributed by atoms with E-state index in [0.717, 1.165) is 56.3 Å². The Hall–Kier alpha value is -3.67. The van der Waals surface area contributed by atoms with Crippen LogP contribution in [-0.4, -0.2) is 72.4 Å². The van der Waals surface area contributed by atoms with Crippen LogP contribution in [0.15, 0.2) is 71.6 Å². The number of aryl methyl sites for hydroxylation is 1. The normalized spacial score (nSPS) is 23.0. The Morgan fingerprint density at radius 3 is 2.28 bits per heavy atom. The molecule has 3 fully saturated rings. The lowest BCUT2D eigenvalue weighted by molar-refractivity contribution is 0.0598. The lowest BCUT2D eigenvalue weighted by atomic mass is 9.70. The van der Waals surface area contributed by atoms with Crippen LogP contribution < -0.4 is 4.72 Å². The van der Waals surface area contributed by atoms with Crippen molar-refractivity contribution in [3.63, 3.8) is 0 Å². The van der Waals surface area contributed by atoms with Crippen LogP contribution >= 0.6 is 0 Å². The molecule has 0 saturated carbocycles. The highest BCUT2D eigenvalue weighted by Gasteiger charge is 2.44. The van der Waals surface area contributed by atoms with Crippen molar-refractivity contribution < 1.29 is 22.0 Å². The monoisotopic (exact) mass is 661 g/mol. The molecule has 0 unspecified atom stereocenters. The van der Waals surface area contributed by atoms with E-state index in [2.05, 4.69) is 46.7 Å². The maximum Gasteiger partial charge on any atom is 0.259 e. The minimum Gasteiger partial charge on any atom is -0.338 e. The first kappa shape index (κ1) is 31.9. The molecule has 1 amide bonds. The minimum absolute atomic E-state index is 0.195. The smallest absolute Gasteiger partial charge is 0.259 e. The number of para-hydroxylation sites is 2. The first-order valence-corrected chi connectivity index (χ1v) is 18.1. The van der Waals surface area contributed by atoms with Crippen molar-refractivity contribution in [2.24, 2.45) is 0 Å². The molecule has 4 aromatic rings. The predicted octanol–water partition coefficient (Wildman–Crippen LogP) is 5.96. The van der Waals surface area contributed by atoms with Gasteiger partial charge in [-0.2, -0.15) is 0 Å². The van der Waals surface area contributed by atoms with Gasteiger partial charge in [-0.3, -0.25) is 9.69 Å². The number of aromatic nitrogens is 2. The van der Waals surface area contributed by atoms with Crippen LogP contribution in [-0.2, 0) is 15.4 Å². The number of likely N-dealkylation sites (tertiary alicyclic amines) is 1. The molecule has 11 heteroatoms. The van der Waals surface area contributed by atoms with Crippen LogP contribution in [0.25, 0.3) is 11.0 Å². The van der Waals surface area contributed by atoms with Gasteiger partial charge in [-0.25, -0.2) is 26.9 Å². The van der Waals surface area contributed by atoms with E-state index < -0.39 is 38.0 Å². The molecule has 3 aromatic carbocycles. The summed E-state index contributed by atoms with van der Waals surface area (Å²) in [6.45, 7) is 3.69. The van der Waals surface area contributed by atoms with Crippen molar-refractivity contribution in [2.45, 2.75) is 80.3 Å². The van der Waals surface area contributed by atoms with Crippen molar-refractivity contribution in [1.29, 1.82) is 0 Å². The lowest BCUT2D eigenvalue weighted by Gasteiger charge is -2.45. The third-order valence-electron chi connectivity index (χ3n) is 11.1. The number of nitrogens with zero attached hydrogens (tertiary/aromatic N) is 4. The molecule has 1 aromatic heterocycles. The predicted molar refractivity (Wildman–Crippen MR) is 177 cm³/mol. The van der Waals surface area contributed by atoms with E-state index in [1.54, 1.807) is 0 Å². The SMILES string of the molecule is CNS(=O)(=O)c1ccc(F)c(C(=O)N2CCC(CCN3[C@@H]4CC[C@H]3C[C@@H](n3c(C)nc5ccccc53)C4)(c3ccccc3)CC2)c1F. The number of fused-ring (bicyclic) bond motifs is 3. The van der Waals surface area contributed by atoms with Crippen LogP contribution in [0.4, 0.5) is 8.78 Å². The molecule has 3 atom stereocenters. The van der Waals surface area contributed by atoms with E-state index in [-0.39, 0.29) is 5.41 Å². The molecular weight excluding hydrogens is 620 g/mol. The van der Waals surface area contributed by atoms with Gasteiger partial charge in [-0.1, -0.05) is 42.5 Å². The number of hydrogen-bond acceptors (Lipinski definition) is 5. The Morgan fingerprint density at radius 2 is 1.60 bits per heavy atom. The number of halogens is 2. The zero-order chi connectivity index (χ0) is 32.9. The standard InChI is InChI=1S/C36H41F2N5O3S/c1-24-40-30-10-6-7-11-31(30)43(24)28-22-26-12-13-27(23-28)42(26)21-18-36(25-8-4-3-5-9-25)16-19-41(20-17-36)35(44)33-29(37)14-15-32(34(33)38)47(45,46)39-2/h3-11,14-15,26-28,39H,12-13,16-23H2,1-2H3/t26-,27+,28+. The highest BCUT2D eigenvalue weighted by atomic mass is 32.2. The zero-order valence-corrected chi connectivity index (χ0v) is 27.6. The molecule has 4 heterocycles. The van der Waals surface area contributed by atoms with Gasteiger partial charge in [0, 0.05) is 31.2 Å². The van der Waals surface area contributed by atoms with Crippen molar-refractivity contribution in [3.8, 4) is 0 Å². The van der Waals surface area contributed by atoms with Gasteiger partial charge in [0.2, 0.25) is 10.0 Å². The van der Waals surface area contributed by atoms with Crippen LogP contribution in [0.3, 0.4) is 0 Å². The summed E-state index contributed by atoms with van der Waals surface area (Å²) in [6.07, 6.45) is 6.77. The molecule has 7 rings (SSSR count). The van der Waals surface area contributed by atoms with Crippen LogP contribution in [0, 0.1) is 18.6 Å². The summed E-state index contributed by atoms with van der Waals surface area (Å²) in [7, 11) is -3.07. The first-order chi connectivity index (χ1) is 22.6. The molecule has 248 valence electrons. The summed E-state index contributed by atoms with van der Waals surface area (Å²) in [5.41, 5.74) is 2.46. The highest BCUT2D eigenvalue weighted by molar-refractivity contribution is 7.89. The average Bonchev–Trinajstić information content (AvgIpc) is 3.54. The maximum atomic E-state index is 15.3. The number of nitrogens with one attached hydrogen (secondary N) is 1. The highest BCUT2D eigenvalue weighted by Crippen LogP contribution is 2.45. The molecule has 0 spiro atoms. The van der Waals surface area contributed by atoms with Gasteiger partial charge < -0.3 is 9.47 Å². The van der Waals surface area contributed by atoms with Gasteiger partial charge in [0.25, 0.3) is 5.91 Å². The van der Waals surface area contributed by atoms with E-state index in [0.29, 0.717) is 44.1 Å². The van der Waals surface area contributed by atoms with E-state index >= 15 is 4.39 Å². The number of hydrogen-bond donors (Lipinski definition) is 1. The average molecular weight is 662 g/mol. The number of sulfonamides is 1. The molecule has 2 bridgehead atoms. The lowest BCUT2D eigenvalue weighted by Crippen LogP contribution is -2.49. The molecule has 47 heavy (non-hydrogen) atoms. The second kappa shape index (κ2) is 12.4. The number of piperidine rings is 2. The third-order valence-corrected chi connectivity index (χ3v) is 12.5. The van der Waals surface area contributed by atoms with Gasteiger partial charge in [-0.15, -0.1) is 0 Å². The van der Waals surface area contributed by atoms with Crippen molar-refractivity contribution in [2.75, 3.05) is 26.7 Å². The van der Waals surface area contributed by atoms with Gasteiger partial charge in [0.05, 0.1) is 11.0 Å². The summed E-state index contributed by atoms with van der Waals surface area (Å²) in [4.78, 5) is 21.8. The van der Waals surface area contributed by atoms with Crippen LogP contribution in [0.1, 0.15) is 72.7 Å². The Labute approximate surface area is 274 Å². The number of benzene rings is 3. The van der Waals surface area contributed by atoms with Crippen LogP contribution in [0.2, 0.25) is 0 Å². The molecule has 3 aliphatic rings. The van der Waals surface area contributed by atoms with Gasteiger partial charge in [0.1, 0.15) is 22.1 Å². The van der Waals surface area contributed by atoms with Crippen LogP contribution in [0.5, 0.6) is 0 Å². The van der Waals surface area contributed by atoms with E-state index in [4.69, 9.17) is 4.98 Å². The fourth-order valence-electron chi connectivity index (χ4n) is 8.61. The molecule has 3 saturated heterocycles. The molecule has 1 N–H and O–H groups in total. The zero-order valence-electron chi connectivity index (χ0n) is 26.8. The van der Waals surface area contributed by atoms with Crippen molar-refractivity contribution >= 4 is 27.0 Å². The number of carbonyl (C=O) groups excluding carboxylic acids is 1. The second-order valence-electron chi connectivity index (χ2n) is 13.4. The number of carbonyl (C=O) groups is 1. The van der Waals surface area contributed by atoms with Gasteiger partial charge in [0.15, 0.2) is 5.82 Å². The van der Waals surface area contributed by atoms with Crippen molar-refractivity contribution in [3.05, 3.63) is 95.3 Å². The topological polar surface area (TPSA) is 87.5 Å². The Bertz CT molecular complexity index is 1890. The molecule has 3 aliphatic heterocycles. The Balaban J connectivity index is 1.08. The molecule has 0 radical (unpaired) electrons. The number of amides is 1. The minimum atomic E-state index is -4.21. The summed E-state index contributed by atoms with van der Waals surface area (Å²) in [6, 6.07) is 21.9. The van der Waals surface area contributed by atoms with Gasteiger partial charge in [-0.05, 0) is 101 Å². The van der Waals surface area contributed by atoms with E-state index in [9.17, 15) is 17.6 Å². The quantitative estimate of drug-likeness (QED) is 0.252. The molecule has 8 nitrogen and oxygen atoms in total. The molecule has 0 aliphatic carbocycles. The first-order valence-electron chi connectivity index (χ1n) is 16.6. The number of imidazole rings is 1. The Kier molecular flexibility index (Phi) is 8.42. The largest absolute Gasteiger partial charge is 0.338 e. The molecular formula is C36H41F2N5O3S. The second-order valence-corrected chi connectivity index (χ2v) is 15.3. The third kappa shape index (κ3) is 5.66. The summed E-state index contributed by atoms with van der Waals surface area (Å²) in [5.74, 6) is -2.18. The van der Waals surface area contributed by atoms with E-state index in [1.165, 1.54) is 28.8 Å². The summed E-state index contributed by atoms with van der Waals surface area (Å²) in [5, 5.41) is 0. The summed E-state index contributed by atoms with van der Waals surface area (Å²) >= 11 is 0. The fraction of sp³-hybridized carbons (Fsp3) is 0.444. The van der Waals surface area contributed by atoms with Gasteiger partial charge >= 0.3 is 0 Å².